The summed E-state index contributed by atoms with van der Waals surface area (Å²) in [4.78, 5) is 28.8. The number of rotatable bonds is 7. The summed E-state index contributed by atoms with van der Waals surface area (Å²) >= 11 is 0. The van der Waals surface area contributed by atoms with Gasteiger partial charge in [0, 0.05) is 5.92 Å². The zero-order chi connectivity index (χ0) is 12.1. The molecule has 0 aliphatic heterocycles. The fourth-order valence-corrected chi connectivity index (χ4v) is 1.19. The van der Waals surface area contributed by atoms with Crippen molar-refractivity contribution in [3.05, 3.63) is 20.2 Å². The summed E-state index contributed by atoms with van der Waals surface area (Å²) in [6.45, 7) is 4.63. The average molecular weight is 222 g/mol. The quantitative estimate of drug-likeness (QED) is 0.367. The minimum atomic E-state index is -1.84. The summed E-state index contributed by atoms with van der Waals surface area (Å²) in [6.07, 6.45) is 1.25. The van der Waals surface area contributed by atoms with Crippen LogP contribution in [0.5, 0.6) is 0 Å². The molecule has 0 saturated carbocycles. The van der Waals surface area contributed by atoms with E-state index in [1.54, 1.807) is 6.92 Å². The molecule has 0 N–H and O–H groups in total. The molecule has 0 aromatic rings. The Hall–Kier alpha value is -1.60. The molecule has 0 rings (SSSR count). The topological polar surface area (TPSA) is 105 Å². The third kappa shape index (κ3) is 4.43. The van der Waals surface area contributed by atoms with Gasteiger partial charge in [-0.25, -0.2) is 0 Å². The molecule has 0 aliphatic rings. The Morgan fingerprint density at radius 1 is 1.27 bits per heavy atom. The van der Waals surface area contributed by atoms with Crippen molar-refractivity contribution in [3.8, 4) is 0 Å². The molecule has 0 aromatic carbocycles. The zero-order valence-electron chi connectivity index (χ0n) is 8.84. The average Bonchev–Trinajstić information content (AvgIpc) is 2.01. The van der Waals surface area contributed by atoms with Crippen LogP contribution in [-0.2, 0) is 9.68 Å². The van der Waals surface area contributed by atoms with E-state index in [2.05, 4.69) is 9.68 Å². The molecular formula is C7H14N2O6. The molecule has 0 heterocycles. The van der Waals surface area contributed by atoms with E-state index in [0.717, 1.165) is 6.42 Å². The minimum Gasteiger partial charge on any atom is -0.279 e. The normalized spacial score (nSPS) is 13.0. The van der Waals surface area contributed by atoms with Crippen molar-refractivity contribution in [2.24, 2.45) is 5.92 Å². The van der Waals surface area contributed by atoms with Crippen LogP contribution in [-0.4, -0.2) is 16.0 Å². The van der Waals surface area contributed by atoms with Gasteiger partial charge in [0.2, 0.25) is 0 Å². The highest BCUT2D eigenvalue weighted by atomic mass is 17.1. The summed E-state index contributed by atoms with van der Waals surface area (Å²) < 4.78 is 0. The molecule has 1 unspecified atom stereocenters. The molecule has 0 radical (unpaired) electrons. The third-order valence-electron chi connectivity index (χ3n) is 2.13. The van der Waals surface area contributed by atoms with Crippen molar-refractivity contribution < 1.29 is 19.8 Å². The highest BCUT2D eigenvalue weighted by Gasteiger charge is 2.39. The molecule has 0 fully saturated rings. The molecule has 0 amide bonds. The monoisotopic (exact) mass is 222 g/mol. The Morgan fingerprint density at radius 2 is 1.67 bits per heavy atom. The van der Waals surface area contributed by atoms with Crippen LogP contribution < -0.4 is 0 Å². The molecule has 8 nitrogen and oxygen atoms in total. The van der Waals surface area contributed by atoms with Gasteiger partial charge in [0.15, 0.2) is 0 Å². The Labute approximate surface area is 86.4 Å². The first-order valence-electron chi connectivity index (χ1n) is 4.49. The van der Waals surface area contributed by atoms with Crippen LogP contribution >= 0.6 is 0 Å². The fourth-order valence-electron chi connectivity index (χ4n) is 1.19. The van der Waals surface area contributed by atoms with Crippen molar-refractivity contribution in [1.29, 1.82) is 0 Å². The zero-order valence-corrected chi connectivity index (χ0v) is 8.84. The lowest BCUT2D eigenvalue weighted by Crippen LogP contribution is -2.42. The summed E-state index contributed by atoms with van der Waals surface area (Å²) in [5.74, 6) is -2.30. The molecule has 0 aromatic heterocycles. The van der Waals surface area contributed by atoms with E-state index in [0.29, 0.717) is 6.42 Å². The lowest BCUT2D eigenvalue weighted by molar-refractivity contribution is -0.874. The smallest absolute Gasteiger partial charge is 0.279 e. The van der Waals surface area contributed by atoms with E-state index in [-0.39, 0.29) is 0 Å². The van der Waals surface area contributed by atoms with Crippen LogP contribution in [0, 0.1) is 26.1 Å². The van der Waals surface area contributed by atoms with Gasteiger partial charge in [-0.3, -0.25) is 9.68 Å². The van der Waals surface area contributed by atoms with Gasteiger partial charge < -0.3 is 0 Å². The number of nitrogens with zero attached hydrogens (tertiary/aromatic N) is 2. The van der Waals surface area contributed by atoms with Crippen molar-refractivity contribution in [1.82, 2.24) is 0 Å². The molecule has 0 bridgehead atoms. The maximum Gasteiger partial charge on any atom is 0.297 e. The summed E-state index contributed by atoms with van der Waals surface area (Å²) in [7, 11) is 0. The molecule has 15 heavy (non-hydrogen) atoms. The minimum absolute atomic E-state index is 0.460. The van der Waals surface area contributed by atoms with E-state index < -0.39 is 21.9 Å². The van der Waals surface area contributed by atoms with Crippen molar-refractivity contribution in [2.45, 2.75) is 39.4 Å². The van der Waals surface area contributed by atoms with Gasteiger partial charge in [-0.1, -0.05) is 20.3 Å². The van der Waals surface area contributed by atoms with Gasteiger partial charge in [-0.05, 0) is 13.3 Å². The fraction of sp³-hybridized carbons (Fsp3) is 1.00. The highest BCUT2D eigenvalue weighted by Crippen LogP contribution is 2.27. The molecule has 0 aliphatic carbocycles. The third-order valence-corrected chi connectivity index (χ3v) is 2.13. The first kappa shape index (κ1) is 13.4. The van der Waals surface area contributed by atoms with Crippen LogP contribution in [0.15, 0.2) is 0 Å². The van der Waals surface area contributed by atoms with Gasteiger partial charge >= 0.3 is 0 Å². The van der Waals surface area contributed by atoms with Gasteiger partial charge in [0.1, 0.15) is 0 Å². The maximum absolute atomic E-state index is 10.2. The van der Waals surface area contributed by atoms with Crippen molar-refractivity contribution in [2.75, 3.05) is 0 Å². The molecule has 0 spiro atoms. The first-order valence-corrected chi connectivity index (χ1v) is 4.49. The molecule has 0 saturated heterocycles. The van der Waals surface area contributed by atoms with E-state index in [1.807, 2.05) is 6.92 Å². The second-order valence-corrected chi connectivity index (χ2v) is 3.34. The van der Waals surface area contributed by atoms with Crippen molar-refractivity contribution >= 4 is 0 Å². The van der Waals surface area contributed by atoms with Crippen LogP contribution in [0.25, 0.3) is 0 Å². The van der Waals surface area contributed by atoms with Gasteiger partial charge in [-0.2, -0.15) is 0 Å². The van der Waals surface area contributed by atoms with Crippen LogP contribution in [0.1, 0.15) is 33.6 Å². The first-order chi connectivity index (χ1) is 6.81. The Balaban J connectivity index is 4.66. The predicted octanol–water partition coefficient (Wildman–Crippen LogP) is 1.56. The van der Waals surface area contributed by atoms with E-state index >= 15 is 0 Å². The molecule has 1 atom stereocenters. The Morgan fingerprint density at radius 3 is 1.93 bits per heavy atom. The summed E-state index contributed by atoms with van der Waals surface area (Å²) in [5, 5.41) is 18.2. The van der Waals surface area contributed by atoms with E-state index in [4.69, 9.17) is 0 Å². The highest BCUT2D eigenvalue weighted by molar-refractivity contribution is 4.68. The number of hydrogen-bond donors (Lipinski definition) is 0. The Kier molecular flexibility index (Phi) is 4.75. The standard InChI is InChI=1S/C7H14N2O6/c1-4-5-6(2)7(3,14-8(10)11)15-9(12)13/h6H,4-5H2,1-3H3. The van der Waals surface area contributed by atoms with Crippen LogP contribution in [0.4, 0.5) is 0 Å². The lowest BCUT2D eigenvalue weighted by atomic mass is 9.97. The van der Waals surface area contributed by atoms with Crippen molar-refractivity contribution in [3.63, 3.8) is 0 Å². The maximum atomic E-state index is 10.2. The summed E-state index contributed by atoms with van der Waals surface area (Å²) in [5.41, 5.74) is 0. The van der Waals surface area contributed by atoms with E-state index in [1.165, 1.54) is 6.92 Å². The molecular weight excluding hydrogens is 208 g/mol. The largest absolute Gasteiger partial charge is 0.297 e. The van der Waals surface area contributed by atoms with Crippen LogP contribution in [0.2, 0.25) is 0 Å². The Bertz CT molecular complexity index is 228. The summed E-state index contributed by atoms with van der Waals surface area (Å²) in [6, 6.07) is 0. The lowest BCUT2D eigenvalue weighted by Gasteiger charge is -2.30. The second-order valence-electron chi connectivity index (χ2n) is 3.34. The number of hydrogen-bond acceptors (Lipinski definition) is 6. The van der Waals surface area contributed by atoms with Gasteiger partial charge in [0.05, 0.1) is 0 Å². The SMILES string of the molecule is CCCC(C)C(C)(O[N+](=O)[O-])O[N+](=O)[O-]. The molecule has 8 heteroatoms. The van der Waals surface area contributed by atoms with Gasteiger partial charge in [0.25, 0.3) is 16.0 Å². The second kappa shape index (κ2) is 5.32. The van der Waals surface area contributed by atoms with E-state index in [9.17, 15) is 20.2 Å². The van der Waals surface area contributed by atoms with Gasteiger partial charge in [-0.15, -0.1) is 20.2 Å². The predicted molar refractivity (Wildman–Crippen MR) is 48.6 cm³/mol. The molecule has 88 valence electrons. The van der Waals surface area contributed by atoms with Crippen LogP contribution in [0.3, 0.4) is 0 Å².